The number of nitrogens with zero attached hydrogens (tertiary/aromatic N) is 1. The summed E-state index contributed by atoms with van der Waals surface area (Å²) in [6.45, 7) is 4.79. The van der Waals surface area contributed by atoms with Crippen LogP contribution in [0.15, 0.2) is 12.1 Å². The van der Waals surface area contributed by atoms with Gasteiger partial charge in [-0.25, -0.2) is 0 Å². The zero-order valence-electron chi connectivity index (χ0n) is 10.5. The molecule has 1 aromatic rings. The van der Waals surface area contributed by atoms with Gasteiger partial charge < -0.3 is 15.2 Å². The molecule has 2 N–H and O–H groups in total. The van der Waals surface area contributed by atoms with Crippen LogP contribution in [0.25, 0.3) is 0 Å². The SMILES string of the molecule is CC(C)COc1nc(OC2CCC2)ccc1N. The molecule has 0 spiro atoms. The summed E-state index contributed by atoms with van der Waals surface area (Å²) >= 11 is 0. The molecule has 0 atom stereocenters. The first kappa shape index (κ1) is 12.0. The molecule has 1 saturated carbocycles. The molecule has 94 valence electrons. The molecule has 1 fully saturated rings. The van der Waals surface area contributed by atoms with Crippen molar-refractivity contribution < 1.29 is 9.47 Å². The van der Waals surface area contributed by atoms with Crippen molar-refractivity contribution in [2.45, 2.75) is 39.2 Å². The van der Waals surface area contributed by atoms with Crippen molar-refractivity contribution in [2.24, 2.45) is 5.92 Å². The van der Waals surface area contributed by atoms with Crippen LogP contribution in [-0.4, -0.2) is 17.7 Å². The van der Waals surface area contributed by atoms with Crippen molar-refractivity contribution in [1.29, 1.82) is 0 Å². The van der Waals surface area contributed by atoms with Crippen LogP contribution in [0.2, 0.25) is 0 Å². The normalized spacial score (nSPS) is 15.7. The maximum absolute atomic E-state index is 5.81. The van der Waals surface area contributed by atoms with Crippen LogP contribution >= 0.6 is 0 Å². The van der Waals surface area contributed by atoms with Crippen molar-refractivity contribution in [3.63, 3.8) is 0 Å². The van der Waals surface area contributed by atoms with Crippen molar-refractivity contribution in [1.82, 2.24) is 4.98 Å². The third-order valence-corrected chi connectivity index (χ3v) is 2.76. The summed E-state index contributed by atoms with van der Waals surface area (Å²) in [6, 6.07) is 3.59. The third-order valence-electron chi connectivity index (χ3n) is 2.76. The van der Waals surface area contributed by atoms with Crippen LogP contribution in [-0.2, 0) is 0 Å². The number of hydrogen-bond acceptors (Lipinski definition) is 4. The number of rotatable bonds is 5. The predicted molar refractivity (Wildman–Crippen MR) is 67.2 cm³/mol. The molecule has 0 bridgehead atoms. The fourth-order valence-electron chi connectivity index (χ4n) is 1.52. The molecule has 17 heavy (non-hydrogen) atoms. The second-order valence-electron chi connectivity index (χ2n) is 4.92. The van der Waals surface area contributed by atoms with E-state index in [0.717, 1.165) is 12.8 Å². The second-order valence-corrected chi connectivity index (χ2v) is 4.92. The van der Waals surface area contributed by atoms with E-state index >= 15 is 0 Å². The van der Waals surface area contributed by atoms with Gasteiger partial charge in [-0.15, -0.1) is 0 Å². The zero-order valence-corrected chi connectivity index (χ0v) is 10.5. The van der Waals surface area contributed by atoms with Gasteiger partial charge in [-0.1, -0.05) is 13.8 Å². The first-order chi connectivity index (χ1) is 8.15. The fourth-order valence-corrected chi connectivity index (χ4v) is 1.52. The van der Waals surface area contributed by atoms with Gasteiger partial charge >= 0.3 is 0 Å². The topological polar surface area (TPSA) is 57.4 Å². The van der Waals surface area contributed by atoms with Crippen LogP contribution in [0.4, 0.5) is 5.69 Å². The van der Waals surface area contributed by atoms with Crippen molar-refractivity contribution in [3.8, 4) is 11.8 Å². The number of pyridine rings is 1. The molecule has 0 saturated heterocycles. The Morgan fingerprint density at radius 2 is 2.18 bits per heavy atom. The van der Waals surface area contributed by atoms with Crippen LogP contribution < -0.4 is 15.2 Å². The number of aromatic nitrogens is 1. The quantitative estimate of drug-likeness (QED) is 0.853. The molecule has 0 aromatic carbocycles. The molecule has 4 heteroatoms. The fraction of sp³-hybridized carbons (Fsp3) is 0.615. The highest BCUT2D eigenvalue weighted by atomic mass is 16.5. The number of ether oxygens (including phenoxy) is 2. The molecule has 4 nitrogen and oxygen atoms in total. The Morgan fingerprint density at radius 3 is 2.76 bits per heavy atom. The first-order valence-electron chi connectivity index (χ1n) is 6.21. The molecule has 1 heterocycles. The summed E-state index contributed by atoms with van der Waals surface area (Å²) in [6.07, 6.45) is 3.81. The van der Waals surface area contributed by atoms with E-state index in [1.54, 1.807) is 12.1 Å². The molecule has 1 aliphatic rings. The molecule has 0 radical (unpaired) electrons. The van der Waals surface area contributed by atoms with E-state index in [-0.39, 0.29) is 0 Å². The maximum Gasteiger partial charge on any atom is 0.240 e. The molecule has 2 rings (SSSR count). The summed E-state index contributed by atoms with van der Waals surface area (Å²) in [4.78, 5) is 4.30. The summed E-state index contributed by atoms with van der Waals surface area (Å²) in [5.41, 5.74) is 6.37. The van der Waals surface area contributed by atoms with E-state index in [0.29, 0.717) is 36.1 Å². The number of anilines is 1. The molecule has 1 aliphatic carbocycles. The minimum Gasteiger partial charge on any atom is -0.476 e. The van der Waals surface area contributed by atoms with Gasteiger partial charge in [0, 0.05) is 6.07 Å². The van der Waals surface area contributed by atoms with E-state index in [2.05, 4.69) is 18.8 Å². The monoisotopic (exact) mass is 236 g/mol. The lowest BCUT2D eigenvalue weighted by Gasteiger charge is -2.25. The zero-order chi connectivity index (χ0) is 12.3. The lowest BCUT2D eigenvalue weighted by atomic mass is 9.96. The summed E-state index contributed by atoms with van der Waals surface area (Å²) in [5.74, 6) is 1.55. The van der Waals surface area contributed by atoms with E-state index in [9.17, 15) is 0 Å². The highest BCUT2D eigenvalue weighted by Crippen LogP contribution is 2.27. The minimum absolute atomic E-state index is 0.323. The van der Waals surface area contributed by atoms with Gasteiger partial charge in [0.05, 0.1) is 12.3 Å². The number of nitrogen functional groups attached to an aromatic ring is 1. The molecule has 0 unspecified atom stereocenters. The summed E-state index contributed by atoms with van der Waals surface area (Å²) in [5, 5.41) is 0. The lowest BCUT2D eigenvalue weighted by molar-refractivity contribution is 0.113. The minimum atomic E-state index is 0.323. The average Bonchev–Trinajstić information content (AvgIpc) is 2.23. The summed E-state index contributed by atoms with van der Waals surface area (Å²) in [7, 11) is 0. The molecule has 1 aromatic heterocycles. The van der Waals surface area contributed by atoms with Gasteiger partial charge in [0.1, 0.15) is 6.10 Å². The van der Waals surface area contributed by atoms with Crippen LogP contribution in [0.1, 0.15) is 33.1 Å². The van der Waals surface area contributed by atoms with Crippen molar-refractivity contribution in [3.05, 3.63) is 12.1 Å². The van der Waals surface area contributed by atoms with Crippen LogP contribution in [0.5, 0.6) is 11.8 Å². The van der Waals surface area contributed by atoms with E-state index < -0.39 is 0 Å². The Labute approximate surface area is 102 Å². The largest absolute Gasteiger partial charge is 0.476 e. The summed E-state index contributed by atoms with van der Waals surface area (Å²) < 4.78 is 11.3. The van der Waals surface area contributed by atoms with Crippen LogP contribution in [0.3, 0.4) is 0 Å². The highest BCUT2D eigenvalue weighted by Gasteiger charge is 2.20. The Bertz CT molecular complexity index is 376. The van der Waals surface area contributed by atoms with E-state index in [1.165, 1.54) is 6.42 Å². The Balaban J connectivity index is 2.00. The van der Waals surface area contributed by atoms with Gasteiger partial charge in [0.15, 0.2) is 0 Å². The molecular formula is C13H20N2O2. The average molecular weight is 236 g/mol. The standard InChI is InChI=1S/C13H20N2O2/c1-9(2)8-16-13-11(14)6-7-12(15-13)17-10-4-3-5-10/h6-7,9-10H,3-5,8,14H2,1-2H3. The molecule has 0 aliphatic heterocycles. The smallest absolute Gasteiger partial charge is 0.240 e. The first-order valence-corrected chi connectivity index (χ1v) is 6.21. The van der Waals surface area contributed by atoms with Crippen LogP contribution in [0, 0.1) is 5.92 Å². The van der Waals surface area contributed by atoms with Gasteiger partial charge in [-0.3, -0.25) is 0 Å². The Morgan fingerprint density at radius 1 is 1.41 bits per heavy atom. The van der Waals surface area contributed by atoms with Gasteiger partial charge in [0.2, 0.25) is 11.8 Å². The third kappa shape index (κ3) is 3.25. The van der Waals surface area contributed by atoms with Gasteiger partial charge in [-0.2, -0.15) is 4.98 Å². The number of hydrogen-bond donors (Lipinski definition) is 1. The molecule has 0 amide bonds. The maximum atomic E-state index is 5.81. The second kappa shape index (κ2) is 5.25. The lowest BCUT2D eigenvalue weighted by Crippen LogP contribution is -2.25. The predicted octanol–water partition coefficient (Wildman–Crippen LogP) is 2.63. The Kier molecular flexibility index (Phi) is 3.71. The van der Waals surface area contributed by atoms with Gasteiger partial charge in [0.25, 0.3) is 0 Å². The molecular weight excluding hydrogens is 216 g/mol. The van der Waals surface area contributed by atoms with Crippen molar-refractivity contribution in [2.75, 3.05) is 12.3 Å². The number of nitrogens with two attached hydrogens (primary N) is 1. The van der Waals surface area contributed by atoms with E-state index in [1.807, 2.05) is 0 Å². The van der Waals surface area contributed by atoms with E-state index in [4.69, 9.17) is 15.2 Å². The van der Waals surface area contributed by atoms with Gasteiger partial charge in [-0.05, 0) is 31.2 Å². The van der Waals surface area contributed by atoms with Crippen molar-refractivity contribution >= 4 is 5.69 Å². The Hall–Kier alpha value is -1.45. The highest BCUT2D eigenvalue weighted by molar-refractivity contribution is 5.49.